The molecule has 5 nitrogen and oxygen atoms in total. The molecule has 1 unspecified atom stereocenters. The first-order valence-electron chi connectivity index (χ1n) is 9.90. The van der Waals surface area contributed by atoms with Crippen LogP contribution in [-0.4, -0.2) is 37.5 Å². The van der Waals surface area contributed by atoms with E-state index in [1.807, 2.05) is 30.3 Å². The molecule has 0 aromatic heterocycles. The maximum Gasteiger partial charge on any atom is 0.408 e. The molecule has 0 saturated carbocycles. The van der Waals surface area contributed by atoms with Gasteiger partial charge in [-0.15, -0.1) is 0 Å². The number of ether oxygens (including phenoxy) is 2. The predicted molar refractivity (Wildman–Crippen MR) is 119 cm³/mol. The lowest BCUT2D eigenvalue weighted by Crippen LogP contribution is -2.53. The molecule has 0 saturated heterocycles. The highest BCUT2D eigenvalue weighted by molar-refractivity contribution is 6.82. The second kappa shape index (κ2) is 9.49. The van der Waals surface area contributed by atoms with Gasteiger partial charge in [0.2, 0.25) is 0 Å². The van der Waals surface area contributed by atoms with Gasteiger partial charge in [-0.1, -0.05) is 63.9 Å². The summed E-state index contributed by atoms with van der Waals surface area (Å²) in [5, 5.41) is 2.50. The van der Waals surface area contributed by atoms with Crippen LogP contribution in [0.15, 0.2) is 30.3 Å². The van der Waals surface area contributed by atoms with Crippen molar-refractivity contribution in [3.05, 3.63) is 35.9 Å². The van der Waals surface area contributed by atoms with Crippen molar-refractivity contribution in [2.75, 3.05) is 0 Å². The van der Waals surface area contributed by atoms with Gasteiger partial charge in [-0.25, -0.2) is 9.59 Å². The number of alkyl carbamates (subject to hydrolysis) is 1. The summed E-state index contributed by atoms with van der Waals surface area (Å²) in [5.41, 5.74) is -0.288. The number of amides is 1. The molecule has 1 N–H and O–H groups in total. The zero-order valence-corrected chi connectivity index (χ0v) is 20.2. The van der Waals surface area contributed by atoms with Crippen LogP contribution in [0.5, 0.6) is 0 Å². The fourth-order valence-corrected chi connectivity index (χ4v) is 3.81. The van der Waals surface area contributed by atoms with Gasteiger partial charge in [-0.05, 0) is 44.9 Å². The molecule has 1 rings (SSSR count). The zero-order valence-electron chi connectivity index (χ0n) is 19.2. The quantitative estimate of drug-likeness (QED) is 0.429. The summed E-state index contributed by atoms with van der Waals surface area (Å²) in [6, 6.07) is 8.78. The molecule has 6 heteroatoms. The number of carbonyl (C=O) groups excluding carboxylic acids is 2. The van der Waals surface area contributed by atoms with Crippen molar-refractivity contribution >= 4 is 20.1 Å². The normalized spacial score (nSPS) is 14.1. The Labute approximate surface area is 176 Å². The van der Waals surface area contributed by atoms with Gasteiger partial charge in [0.05, 0.1) is 0 Å². The summed E-state index contributed by atoms with van der Waals surface area (Å²) in [5.74, 6) is 5.80. The van der Waals surface area contributed by atoms with E-state index in [0.29, 0.717) is 0 Å². The van der Waals surface area contributed by atoms with Crippen molar-refractivity contribution in [3.8, 4) is 11.8 Å². The Hall–Kier alpha value is -2.26. The average Bonchev–Trinajstić information content (AvgIpc) is 2.56. The number of nitrogens with one attached hydrogen (secondary N) is 1. The van der Waals surface area contributed by atoms with Gasteiger partial charge < -0.3 is 14.8 Å². The van der Waals surface area contributed by atoms with Crippen molar-refractivity contribution in [1.82, 2.24) is 5.32 Å². The first kappa shape index (κ1) is 24.8. The van der Waals surface area contributed by atoms with Crippen LogP contribution in [0.4, 0.5) is 4.79 Å². The van der Waals surface area contributed by atoms with E-state index in [1.54, 1.807) is 27.7 Å². The first-order valence-corrected chi connectivity index (χ1v) is 13.0. The Bertz CT molecular complexity index is 764. The van der Waals surface area contributed by atoms with Crippen molar-refractivity contribution in [2.24, 2.45) is 0 Å². The minimum atomic E-state index is -2.14. The van der Waals surface area contributed by atoms with Crippen LogP contribution in [0.3, 0.4) is 0 Å². The highest BCUT2D eigenvalue weighted by atomic mass is 28.3. The molecule has 29 heavy (non-hydrogen) atoms. The van der Waals surface area contributed by atoms with Gasteiger partial charge in [0, 0.05) is 5.56 Å². The highest BCUT2D eigenvalue weighted by Crippen LogP contribution is 2.39. The largest absolute Gasteiger partial charge is 0.452 e. The molecule has 1 amide bonds. The van der Waals surface area contributed by atoms with Crippen LogP contribution in [0.1, 0.15) is 54.0 Å². The van der Waals surface area contributed by atoms with E-state index < -0.39 is 37.5 Å². The smallest absolute Gasteiger partial charge is 0.408 e. The van der Waals surface area contributed by atoms with Crippen molar-refractivity contribution < 1.29 is 19.1 Å². The van der Waals surface area contributed by atoms with Crippen LogP contribution >= 0.6 is 0 Å². The van der Waals surface area contributed by atoms with Gasteiger partial charge in [0.15, 0.2) is 0 Å². The molecule has 0 fully saturated rings. The third-order valence-corrected chi connectivity index (χ3v) is 10.5. The zero-order chi connectivity index (χ0) is 22.5. The van der Waals surface area contributed by atoms with E-state index in [0.717, 1.165) is 5.56 Å². The van der Waals surface area contributed by atoms with E-state index >= 15 is 0 Å². The van der Waals surface area contributed by atoms with E-state index in [-0.39, 0.29) is 5.04 Å². The number of rotatable bonds is 4. The topological polar surface area (TPSA) is 64.6 Å². The molecule has 0 radical (unpaired) electrons. The Kier molecular flexibility index (Phi) is 8.11. The molecule has 2 atom stereocenters. The number of carbonyl (C=O) groups is 2. The Morgan fingerprint density at radius 3 is 2.07 bits per heavy atom. The third-order valence-electron chi connectivity index (χ3n) is 5.03. The molecular formula is C23H35NO4Si. The summed E-state index contributed by atoms with van der Waals surface area (Å²) in [4.78, 5) is 24.7. The molecule has 1 aromatic rings. The molecule has 0 heterocycles. The molecule has 1 aromatic carbocycles. The first-order chi connectivity index (χ1) is 13.1. The van der Waals surface area contributed by atoms with Gasteiger partial charge >= 0.3 is 12.1 Å². The maximum atomic E-state index is 12.7. The van der Waals surface area contributed by atoms with Crippen LogP contribution in [0.25, 0.3) is 0 Å². The minimum Gasteiger partial charge on any atom is -0.452 e. The lowest BCUT2D eigenvalue weighted by molar-refractivity contribution is -0.146. The van der Waals surface area contributed by atoms with E-state index in [2.05, 4.69) is 51.0 Å². The second-order valence-electron chi connectivity index (χ2n) is 9.79. The van der Waals surface area contributed by atoms with E-state index in [4.69, 9.17) is 9.47 Å². The van der Waals surface area contributed by atoms with Gasteiger partial charge in [0.1, 0.15) is 25.4 Å². The summed E-state index contributed by atoms with van der Waals surface area (Å²) in [6.45, 7) is 17.6. The third kappa shape index (κ3) is 7.94. The Morgan fingerprint density at radius 1 is 1.03 bits per heavy atom. The molecule has 0 aliphatic heterocycles. The SMILES string of the molecule is CC(NC(=O)OC(C)(C)C)C(=O)O[C@H](C#Cc1ccccc1)[Si](C)(C)C(C)(C)C. The molecule has 0 aliphatic carbocycles. The van der Waals surface area contributed by atoms with E-state index in [1.165, 1.54) is 0 Å². The summed E-state index contributed by atoms with van der Waals surface area (Å²) >= 11 is 0. The number of esters is 1. The number of hydrogen-bond acceptors (Lipinski definition) is 4. The lowest BCUT2D eigenvalue weighted by Gasteiger charge is -2.40. The second-order valence-corrected chi connectivity index (χ2v) is 15.3. The number of benzene rings is 1. The monoisotopic (exact) mass is 417 g/mol. The van der Waals surface area contributed by atoms with Crippen LogP contribution < -0.4 is 5.32 Å². The average molecular weight is 418 g/mol. The Balaban J connectivity index is 3.01. The highest BCUT2D eigenvalue weighted by Gasteiger charge is 2.44. The Morgan fingerprint density at radius 2 is 1.59 bits per heavy atom. The van der Waals surface area contributed by atoms with Crippen molar-refractivity contribution in [1.29, 1.82) is 0 Å². The molecule has 0 bridgehead atoms. The molecular weight excluding hydrogens is 382 g/mol. The lowest BCUT2D eigenvalue weighted by atomic mass is 10.2. The fourth-order valence-electron chi connectivity index (χ4n) is 2.18. The van der Waals surface area contributed by atoms with Crippen molar-refractivity contribution in [2.45, 2.75) is 84.0 Å². The minimum absolute atomic E-state index is 0.0366. The summed E-state index contributed by atoms with van der Waals surface area (Å²) in [6.07, 6.45) is -0.652. The van der Waals surface area contributed by atoms with Crippen LogP contribution in [-0.2, 0) is 14.3 Å². The van der Waals surface area contributed by atoms with E-state index in [9.17, 15) is 9.59 Å². The maximum absolute atomic E-state index is 12.7. The number of hydrogen-bond donors (Lipinski definition) is 1. The van der Waals surface area contributed by atoms with Gasteiger partial charge in [0.25, 0.3) is 0 Å². The van der Waals surface area contributed by atoms with Crippen LogP contribution in [0, 0.1) is 11.8 Å². The molecule has 160 valence electrons. The molecule has 0 spiro atoms. The van der Waals surface area contributed by atoms with Gasteiger partial charge in [-0.3, -0.25) is 0 Å². The van der Waals surface area contributed by atoms with Crippen LogP contribution in [0.2, 0.25) is 18.1 Å². The molecule has 0 aliphatic rings. The summed E-state index contributed by atoms with van der Waals surface area (Å²) in [7, 11) is -2.14. The summed E-state index contributed by atoms with van der Waals surface area (Å²) < 4.78 is 11.0. The van der Waals surface area contributed by atoms with Gasteiger partial charge in [-0.2, -0.15) is 0 Å². The van der Waals surface area contributed by atoms with Crippen molar-refractivity contribution in [3.63, 3.8) is 0 Å². The fraction of sp³-hybridized carbons (Fsp3) is 0.565. The predicted octanol–water partition coefficient (Wildman–Crippen LogP) is 4.91. The standard InChI is InChI=1S/C23H35NO4Si/c1-17(24-21(26)28-22(2,3)4)20(25)27-19(29(8,9)23(5,6)7)16-15-18-13-11-10-12-14-18/h10-14,17,19H,1-9H3,(H,24,26)/t17?,19-/m0/s1.